The van der Waals surface area contributed by atoms with E-state index in [1.807, 2.05) is 72.8 Å². The van der Waals surface area contributed by atoms with Gasteiger partial charge < -0.3 is 4.74 Å². The summed E-state index contributed by atoms with van der Waals surface area (Å²) in [5.41, 5.74) is 6.63. The van der Waals surface area contributed by atoms with Crippen LogP contribution in [0.5, 0.6) is 0 Å². The lowest BCUT2D eigenvalue weighted by molar-refractivity contribution is 0.143. The lowest BCUT2D eigenvalue weighted by Gasteiger charge is -2.11. The summed E-state index contributed by atoms with van der Waals surface area (Å²) in [6.07, 6.45) is 6.03. The van der Waals surface area contributed by atoms with Gasteiger partial charge in [0.1, 0.15) is 0 Å². The number of hydrogen-bond acceptors (Lipinski definition) is 1. The average molecular weight is 499 g/mol. The molecular weight excluding hydrogens is 471 g/mol. The number of ether oxygens (including phenoxy) is 1. The van der Waals surface area contributed by atoms with Crippen molar-refractivity contribution in [3.05, 3.63) is 154 Å². The van der Waals surface area contributed by atoms with Crippen molar-refractivity contribution in [3.63, 3.8) is 0 Å². The minimum Gasteiger partial charge on any atom is -0.381 e. The maximum absolute atomic E-state index is 6.50. The second kappa shape index (κ2) is 13.1. The zero-order valence-corrected chi connectivity index (χ0v) is 21.1. The van der Waals surface area contributed by atoms with Crippen molar-refractivity contribution >= 4 is 34.3 Å². The molecule has 0 aliphatic carbocycles. The molecule has 176 valence electrons. The molecule has 0 fully saturated rings. The van der Waals surface area contributed by atoms with E-state index >= 15 is 0 Å². The molecule has 0 amide bonds. The molecular formula is C32H28Cl2O. The predicted molar refractivity (Wildman–Crippen MR) is 150 cm³/mol. The Bertz CT molecular complexity index is 1180. The molecule has 0 spiro atoms. The Morgan fingerprint density at radius 1 is 0.514 bits per heavy atom. The number of benzene rings is 4. The summed E-state index contributed by atoms with van der Waals surface area (Å²) in [6, 6.07) is 36.6. The Labute approximate surface area is 218 Å². The standard InChI is InChI=1S/C32H28Cl2O/c33-31-21-9-7-17-29(31)27(25-13-3-1-4-14-25)19-11-23-35-24-12-20-28(26-15-5-2-6-16-26)30-18-8-10-22-32(30)34/h1-10,13-22H,11-12,23-24H2/b27-19+,28-20+. The summed E-state index contributed by atoms with van der Waals surface area (Å²) in [5, 5.41) is 1.50. The number of hydrogen-bond donors (Lipinski definition) is 0. The Hall–Kier alpha value is -3.10. The Kier molecular flexibility index (Phi) is 9.37. The monoisotopic (exact) mass is 498 g/mol. The zero-order chi connectivity index (χ0) is 24.3. The fourth-order valence-corrected chi connectivity index (χ4v) is 4.51. The minimum atomic E-state index is 0.640. The maximum atomic E-state index is 6.50. The van der Waals surface area contributed by atoms with Gasteiger partial charge in [-0.2, -0.15) is 0 Å². The molecule has 0 aliphatic heterocycles. The van der Waals surface area contributed by atoms with Crippen LogP contribution in [0.3, 0.4) is 0 Å². The molecule has 1 nitrogen and oxygen atoms in total. The molecule has 0 radical (unpaired) electrons. The van der Waals surface area contributed by atoms with Crippen LogP contribution in [0.2, 0.25) is 10.0 Å². The lowest BCUT2D eigenvalue weighted by atomic mass is 9.97. The molecule has 0 bridgehead atoms. The molecule has 0 atom stereocenters. The first-order valence-electron chi connectivity index (χ1n) is 11.8. The molecule has 0 aliphatic rings. The van der Waals surface area contributed by atoms with Crippen molar-refractivity contribution in [1.82, 2.24) is 0 Å². The van der Waals surface area contributed by atoms with Crippen molar-refractivity contribution in [2.45, 2.75) is 12.8 Å². The average Bonchev–Trinajstić information content (AvgIpc) is 2.90. The molecule has 4 aromatic carbocycles. The van der Waals surface area contributed by atoms with Crippen LogP contribution in [-0.4, -0.2) is 13.2 Å². The van der Waals surface area contributed by atoms with Gasteiger partial charge in [0.25, 0.3) is 0 Å². The molecule has 0 saturated carbocycles. The second-order valence-electron chi connectivity index (χ2n) is 8.12. The van der Waals surface area contributed by atoms with Crippen LogP contribution in [0.1, 0.15) is 35.1 Å². The highest BCUT2D eigenvalue weighted by atomic mass is 35.5. The highest BCUT2D eigenvalue weighted by Gasteiger charge is 2.09. The largest absolute Gasteiger partial charge is 0.381 e. The third kappa shape index (κ3) is 6.96. The molecule has 0 heterocycles. The summed E-state index contributed by atoms with van der Waals surface area (Å²) in [7, 11) is 0. The summed E-state index contributed by atoms with van der Waals surface area (Å²) in [6.45, 7) is 1.28. The molecule has 0 aromatic heterocycles. The van der Waals surface area contributed by atoms with Crippen LogP contribution in [-0.2, 0) is 4.74 Å². The van der Waals surface area contributed by atoms with Gasteiger partial charge in [0.2, 0.25) is 0 Å². The van der Waals surface area contributed by atoms with E-state index in [1.54, 1.807) is 0 Å². The van der Waals surface area contributed by atoms with Gasteiger partial charge in [-0.15, -0.1) is 0 Å². The second-order valence-corrected chi connectivity index (χ2v) is 8.93. The van der Waals surface area contributed by atoms with Gasteiger partial charge in [0.15, 0.2) is 0 Å². The molecule has 4 rings (SSSR count). The van der Waals surface area contributed by atoms with E-state index in [9.17, 15) is 0 Å². The van der Waals surface area contributed by atoms with Gasteiger partial charge in [0, 0.05) is 21.2 Å². The fraction of sp³-hybridized carbons (Fsp3) is 0.125. The maximum Gasteiger partial charge on any atom is 0.0501 e. The van der Waals surface area contributed by atoms with Gasteiger partial charge in [-0.05, 0) is 47.2 Å². The highest BCUT2D eigenvalue weighted by Crippen LogP contribution is 2.31. The molecule has 35 heavy (non-hydrogen) atoms. The summed E-state index contributed by atoms with van der Waals surface area (Å²) in [5.74, 6) is 0. The van der Waals surface area contributed by atoms with Gasteiger partial charge in [-0.1, -0.05) is 132 Å². The predicted octanol–water partition coefficient (Wildman–Crippen LogP) is 9.35. The van der Waals surface area contributed by atoms with Crippen molar-refractivity contribution < 1.29 is 4.74 Å². The van der Waals surface area contributed by atoms with Gasteiger partial charge in [0.05, 0.1) is 13.2 Å². The van der Waals surface area contributed by atoms with Crippen molar-refractivity contribution in [2.24, 2.45) is 0 Å². The normalized spacial score (nSPS) is 12.1. The van der Waals surface area contributed by atoms with Gasteiger partial charge in [-0.3, -0.25) is 0 Å². The summed E-state index contributed by atoms with van der Waals surface area (Å²) in [4.78, 5) is 0. The topological polar surface area (TPSA) is 9.23 Å². The van der Waals surface area contributed by atoms with Crippen LogP contribution in [0.4, 0.5) is 0 Å². The van der Waals surface area contributed by atoms with E-state index in [1.165, 1.54) is 0 Å². The Balaban J connectivity index is 1.40. The van der Waals surface area contributed by atoms with E-state index in [0.717, 1.165) is 56.3 Å². The van der Waals surface area contributed by atoms with Crippen molar-refractivity contribution in [1.29, 1.82) is 0 Å². The third-order valence-corrected chi connectivity index (χ3v) is 6.38. The van der Waals surface area contributed by atoms with E-state index in [4.69, 9.17) is 27.9 Å². The van der Waals surface area contributed by atoms with Crippen LogP contribution in [0.25, 0.3) is 11.1 Å². The Morgan fingerprint density at radius 3 is 1.29 bits per heavy atom. The van der Waals surface area contributed by atoms with E-state index < -0.39 is 0 Å². The lowest BCUT2D eigenvalue weighted by Crippen LogP contribution is -1.97. The summed E-state index contributed by atoms with van der Waals surface area (Å²) >= 11 is 13.0. The van der Waals surface area contributed by atoms with Gasteiger partial charge >= 0.3 is 0 Å². The third-order valence-electron chi connectivity index (χ3n) is 5.72. The Morgan fingerprint density at radius 2 is 0.886 bits per heavy atom. The quantitative estimate of drug-likeness (QED) is 0.198. The van der Waals surface area contributed by atoms with Crippen LogP contribution >= 0.6 is 23.2 Å². The van der Waals surface area contributed by atoms with E-state index in [0.29, 0.717) is 13.2 Å². The van der Waals surface area contributed by atoms with Gasteiger partial charge in [-0.25, -0.2) is 0 Å². The first kappa shape index (κ1) is 25.0. The van der Waals surface area contributed by atoms with Crippen LogP contribution in [0.15, 0.2) is 121 Å². The first-order valence-corrected chi connectivity index (χ1v) is 12.6. The van der Waals surface area contributed by atoms with Crippen LogP contribution in [0, 0.1) is 0 Å². The summed E-state index contributed by atoms with van der Waals surface area (Å²) < 4.78 is 5.98. The SMILES string of the molecule is Clc1ccccc1/C(=C/CCOCC/C=C(\c1ccccc1)c1ccccc1Cl)c1ccccc1. The van der Waals surface area contributed by atoms with E-state index in [-0.39, 0.29) is 0 Å². The molecule has 0 saturated heterocycles. The first-order chi connectivity index (χ1) is 17.2. The highest BCUT2D eigenvalue weighted by molar-refractivity contribution is 6.33. The van der Waals surface area contributed by atoms with E-state index in [2.05, 4.69) is 48.6 Å². The van der Waals surface area contributed by atoms with Crippen molar-refractivity contribution in [3.8, 4) is 0 Å². The number of rotatable bonds is 10. The molecule has 3 heteroatoms. The zero-order valence-electron chi connectivity index (χ0n) is 19.5. The fourth-order valence-electron chi connectivity index (χ4n) is 4.04. The molecule has 0 unspecified atom stereocenters. The van der Waals surface area contributed by atoms with Crippen molar-refractivity contribution in [2.75, 3.05) is 13.2 Å². The minimum absolute atomic E-state index is 0.640. The molecule has 0 N–H and O–H groups in total. The number of halogens is 2. The smallest absolute Gasteiger partial charge is 0.0501 e. The van der Waals surface area contributed by atoms with Crippen LogP contribution < -0.4 is 0 Å². The molecule has 4 aromatic rings.